The highest BCUT2D eigenvalue weighted by Gasteiger charge is 2.11. The molecule has 0 bridgehead atoms. The van der Waals surface area contributed by atoms with E-state index < -0.39 is 11.8 Å². The zero-order valence-electron chi connectivity index (χ0n) is 10.3. The fraction of sp³-hybridized carbons (Fsp3) is 0.385. The van der Waals surface area contributed by atoms with Gasteiger partial charge in [0.2, 0.25) is 6.41 Å². The molecule has 0 spiro atoms. The molecule has 0 atom stereocenters. The Morgan fingerprint density at radius 1 is 1.37 bits per heavy atom. The fourth-order valence-corrected chi connectivity index (χ4v) is 1.84. The van der Waals surface area contributed by atoms with Gasteiger partial charge < -0.3 is 10.0 Å². The first kappa shape index (κ1) is 15.4. The monoisotopic (exact) mass is 287 g/mol. The molecular formula is C13H15ClFNO3. The molecule has 19 heavy (non-hydrogen) atoms. The van der Waals surface area contributed by atoms with Crippen LogP contribution in [-0.2, 0) is 9.59 Å². The summed E-state index contributed by atoms with van der Waals surface area (Å²) in [6, 6.07) is 4.01. The molecule has 1 N–H and O–H groups in total. The second-order valence-corrected chi connectivity index (χ2v) is 4.54. The Kier molecular flexibility index (Phi) is 6.29. The third-order valence-corrected chi connectivity index (χ3v) is 2.87. The lowest BCUT2D eigenvalue weighted by Crippen LogP contribution is -2.23. The lowest BCUT2D eigenvalue weighted by atomic mass is 10.2. The van der Waals surface area contributed by atoms with Crippen molar-refractivity contribution in [1.82, 2.24) is 0 Å². The Morgan fingerprint density at radius 2 is 2.11 bits per heavy atom. The topological polar surface area (TPSA) is 57.6 Å². The summed E-state index contributed by atoms with van der Waals surface area (Å²) in [5.41, 5.74) is 0.140. The van der Waals surface area contributed by atoms with Gasteiger partial charge in [-0.25, -0.2) is 4.39 Å². The number of amides is 1. The van der Waals surface area contributed by atoms with Crippen molar-refractivity contribution in [2.75, 3.05) is 11.4 Å². The van der Waals surface area contributed by atoms with E-state index in [0.717, 1.165) is 0 Å². The van der Waals surface area contributed by atoms with Crippen LogP contribution in [0.2, 0.25) is 5.02 Å². The van der Waals surface area contributed by atoms with E-state index in [1.165, 1.54) is 23.1 Å². The van der Waals surface area contributed by atoms with Gasteiger partial charge in [-0.2, -0.15) is 0 Å². The van der Waals surface area contributed by atoms with Crippen LogP contribution in [0.4, 0.5) is 10.1 Å². The summed E-state index contributed by atoms with van der Waals surface area (Å²) in [7, 11) is 0. The highest BCUT2D eigenvalue weighted by Crippen LogP contribution is 2.23. The molecule has 0 aliphatic rings. The standard InChI is InChI=1S/C13H15ClFNO3/c14-10-5-6-11(15)12(8-10)16(9-17)7-3-1-2-4-13(18)19/h5-6,8-9H,1-4,7H2,(H,18,19). The number of unbranched alkanes of at least 4 members (excludes halogenated alkanes) is 2. The molecular weight excluding hydrogens is 273 g/mol. The average Bonchev–Trinajstić information content (AvgIpc) is 2.37. The van der Waals surface area contributed by atoms with Crippen molar-refractivity contribution in [3.8, 4) is 0 Å². The highest BCUT2D eigenvalue weighted by molar-refractivity contribution is 6.30. The summed E-state index contributed by atoms with van der Waals surface area (Å²) < 4.78 is 13.6. The van der Waals surface area contributed by atoms with Gasteiger partial charge in [0.05, 0.1) is 5.69 Å². The summed E-state index contributed by atoms with van der Waals surface area (Å²) in [5.74, 6) is -1.35. The minimum Gasteiger partial charge on any atom is -0.481 e. The van der Waals surface area contributed by atoms with Crippen LogP contribution in [0.3, 0.4) is 0 Å². The number of anilines is 1. The van der Waals surface area contributed by atoms with Crippen molar-refractivity contribution in [3.63, 3.8) is 0 Å². The molecule has 4 nitrogen and oxygen atoms in total. The molecule has 1 rings (SSSR count). The molecule has 0 saturated carbocycles. The number of aliphatic carboxylic acids is 1. The van der Waals surface area contributed by atoms with Crippen LogP contribution in [0.1, 0.15) is 25.7 Å². The van der Waals surface area contributed by atoms with Crippen LogP contribution in [0.25, 0.3) is 0 Å². The maximum Gasteiger partial charge on any atom is 0.303 e. The summed E-state index contributed by atoms with van der Waals surface area (Å²) in [6.07, 6.45) is 2.47. The summed E-state index contributed by atoms with van der Waals surface area (Å²) in [6.45, 7) is 0.334. The molecule has 0 unspecified atom stereocenters. The number of carbonyl (C=O) groups excluding carboxylic acids is 1. The molecule has 0 aromatic heterocycles. The molecule has 0 fully saturated rings. The van der Waals surface area contributed by atoms with E-state index in [0.29, 0.717) is 37.2 Å². The lowest BCUT2D eigenvalue weighted by Gasteiger charge is -2.18. The van der Waals surface area contributed by atoms with Gasteiger partial charge >= 0.3 is 5.97 Å². The van der Waals surface area contributed by atoms with Crippen molar-refractivity contribution in [2.45, 2.75) is 25.7 Å². The van der Waals surface area contributed by atoms with Gasteiger partial charge in [0.15, 0.2) is 0 Å². The molecule has 0 aliphatic heterocycles. The highest BCUT2D eigenvalue weighted by atomic mass is 35.5. The Bertz CT molecular complexity index is 454. The summed E-state index contributed by atoms with van der Waals surface area (Å²) in [4.78, 5) is 22.5. The molecule has 0 saturated heterocycles. The predicted octanol–water partition coefficient (Wildman–Crippen LogP) is 3.09. The number of benzene rings is 1. The minimum absolute atomic E-state index is 0.104. The number of hydrogen-bond donors (Lipinski definition) is 1. The molecule has 1 aromatic carbocycles. The second kappa shape index (κ2) is 7.74. The molecule has 0 radical (unpaired) electrons. The SMILES string of the molecule is O=CN(CCCCCC(=O)O)c1cc(Cl)ccc1F. The molecule has 0 heterocycles. The van der Waals surface area contributed by atoms with Gasteiger partial charge in [-0.15, -0.1) is 0 Å². The number of carbonyl (C=O) groups is 2. The van der Waals surface area contributed by atoms with Crippen molar-refractivity contribution < 1.29 is 19.1 Å². The van der Waals surface area contributed by atoms with E-state index in [4.69, 9.17) is 16.7 Å². The van der Waals surface area contributed by atoms with Gasteiger partial charge in [0.1, 0.15) is 5.82 Å². The van der Waals surface area contributed by atoms with Gasteiger partial charge in [-0.1, -0.05) is 18.0 Å². The zero-order chi connectivity index (χ0) is 14.3. The Morgan fingerprint density at radius 3 is 2.74 bits per heavy atom. The van der Waals surface area contributed by atoms with Gasteiger partial charge in [0.25, 0.3) is 0 Å². The van der Waals surface area contributed by atoms with Crippen LogP contribution in [0.15, 0.2) is 18.2 Å². The van der Waals surface area contributed by atoms with E-state index in [-0.39, 0.29) is 12.1 Å². The van der Waals surface area contributed by atoms with Crippen LogP contribution < -0.4 is 4.90 Å². The number of hydrogen-bond acceptors (Lipinski definition) is 2. The summed E-state index contributed by atoms with van der Waals surface area (Å²) >= 11 is 5.76. The van der Waals surface area contributed by atoms with Crippen molar-refractivity contribution in [1.29, 1.82) is 0 Å². The van der Waals surface area contributed by atoms with Gasteiger partial charge in [0, 0.05) is 18.0 Å². The number of rotatable bonds is 8. The Balaban J connectivity index is 2.51. The maximum atomic E-state index is 13.6. The average molecular weight is 288 g/mol. The predicted molar refractivity (Wildman–Crippen MR) is 70.9 cm³/mol. The smallest absolute Gasteiger partial charge is 0.303 e. The van der Waals surface area contributed by atoms with Crippen LogP contribution in [0.5, 0.6) is 0 Å². The second-order valence-electron chi connectivity index (χ2n) is 4.10. The third-order valence-electron chi connectivity index (χ3n) is 2.63. The first-order chi connectivity index (χ1) is 9.04. The third kappa shape index (κ3) is 5.26. The molecule has 1 amide bonds. The normalized spacial score (nSPS) is 10.2. The van der Waals surface area contributed by atoms with Crippen LogP contribution >= 0.6 is 11.6 Å². The van der Waals surface area contributed by atoms with Crippen molar-refractivity contribution >= 4 is 29.7 Å². The zero-order valence-corrected chi connectivity index (χ0v) is 11.1. The first-order valence-corrected chi connectivity index (χ1v) is 6.31. The van der Waals surface area contributed by atoms with Crippen molar-refractivity contribution in [3.05, 3.63) is 29.0 Å². The van der Waals surface area contributed by atoms with E-state index in [9.17, 15) is 14.0 Å². The molecule has 0 aliphatic carbocycles. The number of carboxylic acid groups (broad SMARTS) is 1. The van der Waals surface area contributed by atoms with E-state index in [1.54, 1.807) is 0 Å². The van der Waals surface area contributed by atoms with Gasteiger partial charge in [-0.3, -0.25) is 9.59 Å². The summed E-state index contributed by atoms with van der Waals surface area (Å²) in [5, 5.41) is 8.84. The van der Waals surface area contributed by atoms with E-state index >= 15 is 0 Å². The van der Waals surface area contributed by atoms with E-state index in [2.05, 4.69) is 0 Å². The number of nitrogens with zero attached hydrogens (tertiary/aromatic N) is 1. The molecule has 104 valence electrons. The van der Waals surface area contributed by atoms with Crippen LogP contribution in [0, 0.1) is 5.82 Å². The largest absolute Gasteiger partial charge is 0.481 e. The fourth-order valence-electron chi connectivity index (χ4n) is 1.67. The molecule has 1 aromatic rings. The van der Waals surface area contributed by atoms with Crippen molar-refractivity contribution in [2.24, 2.45) is 0 Å². The minimum atomic E-state index is -0.840. The van der Waals surface area contributed by atoms with Crippen LogP contribution in [-0.4, -0.2) is 24.0 Å². The molecule has 6 heteroatoms. The van der Waals surface area contributed by atoms with E-state index in [1.807, 2.05) is 0 Å². The Labute approximate surface area is 115 Å². The maximum absolute atomic E-state index is 13.6. The quantitative estimate of drug-likeness (QED) is 0.590. The first-order valence-electron chi connectivity index (χ1n) is 5.93. The lowest BCUT2D eigenvalue weighted by molar-refractivity contribution is -0.137. The number of carboxylic acids is 1. The van der Waals surface area contributed by atoms with Gasteiger partial charge in [-0.05, 0) is 31.0 Å². The Hall–Kier alpha value is -1.62. The number of halogens is 2.